The zero-order valence-corrected chi connectivity index (χ0v) is 12.3. The molecule has 0 heterocycles. The second kappa shape index (κ2) is 6.85. The Morgan fingerprint density at radius 3 is 2.53 bits per heavy atom. The summed E-state index contributed by atoms with van der Waals surface area (Å²) in [5.74, 6) is 1.63. The topological polar surface area (TPSA) is 35.2 Å². The molecular weight excluding hydrogens is 278 g/mol. The zero-order chi connectivity index (χ0) is 13.7. The van der Waals surface area contributed by atoms with Crippen molar-refractivity contribution in [1.82, 2.24) is 0 Å². The molecule has 0 saturated heterocycles. The number of hydrogen-bond acceptors (Lipinski definition) is 3. The van der Waals surface area contributed by atoms with E-state index in [2.05, 4.69) is 6.26 Å². The van der Waals surface area contributed by atoms with Crippen molar-refractivity contribution >= 4 is 23.4 Å². The third-order valence-electron chi connectivity index (χ3n) is 2.72. The lowest BCUT2D eigenvalue weighted by Gasteiger charge is -2.11. The van der Waals surface area contributed by atoms with Gasteiger partial charge in [0.2, 0.25) is 0 Å². The summed E-state index contributed by atoms with van der Waals surface area (Å²) >= 11 is 7.70. The molecule has 0 amide bonds. The van der Waals surface area contributed by atoms with Crippen LogP contribution in [0.2, 0.25) is 5.02 Å². The molecule has 0 unspecified atom stereocenters. The highest BCUT2D eigenvalue weighted by Crippen LogP contribution is 2.29. The highest BCUT2D eigenvalue weighted by atomic mass is 35.5. The SMILES string of the molecule is CSc1ccc(Oc2ccc(Cl)cc2CCN)cc1. The molecule has 4 heteroatoms. The van der Waals surface area contributed by atoms with Crippen LogP contribution in [0.25, 0.3) is 0 Å². The van der Waals surface area contributed by atoms with Crippen LogP contribution < -0.4 is 10.5 Å². The monoisotopic (exact) mass is 293 g/mol. The van der Waals surface area contributed by atoms with E-state index in [1.807, 2.05) is 42.5 Å². The molecule has 2 aromatic rings. The number of thioether (sulfide) groups is 1. The van der Waals surface area contributed by atoms with Gasteiger partial charge in [0.1, 0.15) is 11.5 Å². The summed E-state index contributed by atoms with van der Waals surface area (Å²) in [5.41, 5.74) is 6.64. The van der Waals surface area contributed by atoms with E-state index < -0.39 is 0 Å². The van der Waals surface area contributed by atoms with Gasteiger partial charge in [0.15, 0.2) is 0 Å². The van der Waals surface area contributed by atoms with Crippen molar-refractivity contribution < 1.29 is 4.74 Å². The fraction of sp³-hybridized carbons (Fsp3) is 0.200. The van der Waals surface area contributed by atoms with Gasteiger partial charge in [0, 0.05) is 9.92 Å². The molecule has 0 saturated carbocycles. The maximum atomic E-state index is 6.00. The number of hydrogen-bond donors (Lipinski definition) is 1. The zero-order valence-electron chi connectivity index (χ0n) is 10.7. The summed E-state index contributed by atoms with van der Waals surface area (Å²) in [6, 6.07) is 13.6. The van der Waals surface area contributed by atoms with Crippen LogP contribution in [0.1, 0.15) is 5.56 Å². The minimum absolute atomic E-state index is 0.572. The Morgan fingerprint density at radius 2 is 1.89 bits per heavy atom. The molecule has 0 fully saturated rings. The fourth-order valence-electron chi connectivity index (χ4n) is 1.77. The summed E-state index contributed by atoms with van der Waals surface area (Å²) in [5, 5.41) is 0.702. The van der Waals surface area contributed by atoms with Gasteiger partial charge in [-0.15, -0.1) is 11.8 Å². The molecule has 0 aromatic heterocycles. The van der Waals surface area contributed by atoms with Crippen molar-refractivity contribution in [2.24, 2.45) is 5.73 Å². The second-order valence-corrected chi connectivity index (χ2v) is 5.38. The Bertz CT molecular complexity index is 542. The first kappa shape index (κ1) is 14.3. The molecule has 100 valence electrons. The van der Waals surface area contributed by atoms with E-state index in [1.165, 1.54) is 4.90 Å². The van der Waals surface area contributed by atoms with Gasteiger partial charge in [-0.1, -0.05) is 11.6 Å². The molecule has 0 aliphatic carbocycles. The van der Waals surface area contributed by atoms with Gasteiger partial charge < -0.3 is 10.5 Å². The van der Waals surface area contributed by atoms with Crippen LogP contribution in [0, 0.1) is 0 Å². The van der Waals surface area contributed by atoms with E-state index in [0.29, 0.717) is 11.6 Å². The molecule has 0 atom stereocenters. The summed E-state index contributed by atoms with van der Waals surface area (Å²) < 4.78 is 5.89. The van der Waals surface area contributed by atoms with E-state index in [9.17, 15) is 0 Å². The largest absolute Gasteiger partial charge is 0.457 e. The Hall–Kier alpha value is -1.16. The smallest absolute Gasteiger partial charge is 0.130 e. The molecule has 0 radical (unpaired) electrons. The highest BCUT2D eigenvalue weighted by molar-refractivity contribution is 7.98. The van der Waals surface area contributed by atoms with Gasteiger partial charge >= 0.3 is 0 Å². The first-order chi connectivity index (χ1) is 9.22. The normalized spacial score (nSPS) is 10.5. The number of ether oxygens (including phenoxy) is 1. The van der Waals surface area contributed by atoms with Crippen LogP contribution in [-0.2, 0) is 6.42 Å². The molecular formula is C15H16ClNOS. The van der Waals surface area contributed by atoms with Crippen LogP contribution in [-0.4, -0.2) is 12.8 Å². The van der Waals surface area contributed by atoms with E-state index in [1.54, 1.807) is 11.8 Å². The average Bonchev–Trinajstić information content (AvgIpc) is 2.43. The summed E-state index contributed by atoms with van der Waals surface area (Å²) in [6.45, 7) is 0.572. The van der Waals surface area contributed by atoms with Gasteiger partial charge in [-0.3, -0.25) is 0 Å². The summed E-state index contributed by atoms with van der Waals surface area (Å²) in [7, 11) is 0. The average molecular weight is 294 g/mol. The molecule has 2 rings (SSSR count). The van der Waals surface area contributed by atoms with Crippen molar-refractivity contribution in [1.29, 1.82) is 0 Å². The highest BCUT2D eigenvalue weighted by Gasteiger charge is 2.05. The first-order valence-electron chi connectivity index (χ1n) is 6.03. The standard InChI is InChI=1S/C15H16ClNOS/c1-19-14-5-3-13(4-6-14)18-15-7-2-12(16)10-11(15)8-9-17/h2-7,10H,8-9,17H2,1H3. The third-order valence-corrected chi connectivity index (χ3v) is 3.70. The first-order valence-corrected chi connectivity index (χ1v) is 7.63. The predicted molar refractivity (Wildman–Crippen MR) is 82.5 cm³/mol. The molecule has 2 N–H and O–H groups in total. The van der Waals surface area contributed by atoms with Crippen molar-refractivity contribution in [3.63, 3.8) is 0 Å². The minimum atomic E-state index is 0.572. The van der Waals surface area contributed by atoms with Gasteiger partial charge in [-0.05, 0) is 67.2 Å². The lowest BCUT2D eigenvalue weighted by molar-refractivity contribution is 0.476. The number of nitrogens with two attached hydrogens (primary N) is 1. The Labute approximate surface area is 122 Å². The third kappa shape index (κ3) is 3.90. The quantitative estimate of drug-likeness (QED) is 0.832. The molecule has 19 heavy (non-hydrogen) atoms. The van der Waals surface area contributed by atoms with Crippen LogP contribution >= 0.6 is 23.4 Å². The molecule has 0 bridgehead atoms. The van der Waals surface area contributed by atoms with E-state index in [4.69, 9.17) is 22.1 Å². The van der Waals surface area contributed by atoms with Crippen molar-refractivity contribution in [2.75, 3.05) is 12.8 Å². The fourth-order valence-corrected chi connectivity index (χ4v) is 2.37. The van der Waals surface area contributed by atoms with Crippen LogP contribution in [0.3, 0.4) is 0 Å². The van der Waals surface area contributed by atoms with Gasteiger partial charge in [-0.2, -0.15) is 0 Å². The molecule has 2 aromatic carbocycles. The van der Waals surface area contributed by atoms with E-state index >= 15 is 0 Å². The number of rotatable bonds is 5. The van der Waals surface area contributed by atoms with Crippen LogP contribution in [0.15, 0.2) is 47.4 Å². The Balaban J connectivity index is 2.21. The number of halogens is 1. The lowest BCUT2D eigenvalue weighted by atomic mass is 10.1. The summed E-state index contributed by atoms with van der Waals surface area (Å²) in [4.78, 5) is 1.21. The van der Waals surface area contributed by atoms with E-state index in [-0.39, 0.29) is 0 Å². The minimum Gasteiger partial charge on any atom is -0.457 e. The van der Waals surface area contributed by atoms with Crippen molar-refractivity contribution in [2.45, 2.75) is 11.3 Å². The van der Waals surface area contributed by atoms with Gasteiger partial charge in [0.25, 0.3) is 0 Å². The second-order valence-electron chi connectivity index (χ2n) is 4.07. The van der Waals surface area contributed by atoms with Crippen LogP contribution in [0.4, 0.5) is 0 Å². The van der Waals surface area contributed by atoms with E-state index in [0.717, 1.165) is 23.5 Å². The molecule has 2 nitrogen and oxygen atoms in total. The lowest BCUT2D eigenvalue weighted by Crippen LogP contribution is -2.04. The Morgan fingerprint density at radius 1 is 1.16 bits per heavy atom. The Kier molecular flexibility index (Phi) is 5.14. The maximum absolute atomic E-state index is 6.00. The number of benzene rings is 2. The maximum Gasteiger partial charge on any atom is 0.130 e. The van der Waals surface area contributed by atoms with Crippen molar-refractivity contribution in [3.8, 4) is 11.5 Å². The predicted octanol–water partition coefficient (Wildman–Crippen LogP) is 4.36. The van der Waals surface area contributed by atoms with Gasteiger partial charge in [-0.25, -0.2) is 0 Å². The molecule has 0 spiro atoms. The van der Waals surface area contributed by atoms with Gasteiger partial charge in [0.05, 0.1) is 0 Å². The summed E-state index contributed by atoms with van der Waals surface area (Å²) in [6.07, 6.45) is 2.80. The molecule has 0 aliphatic heterocycles. The van der Waals surface area contributed by atoms with Crippen molar-refractivity contribution in [3.05, 3.63) is 53.1 Å². The molecule has 0 aliphatic rings. The van der Waals surface area contributed by atoms with Crippen LogP contribution in [0.5, 0.6) is 11.5 Å².